The number of rotatable bonds is 4. The van der Waals surface area contributed by atoms with Crippen molar-refractivity contribution in [2.75, 3.05) is 0 Å². The topological polar surface area (TPSA) is 29.5 Å². The number of hydrogen-bond donors (Lipinski definition) is 1. The lowest BCUT2D eigenvalue weighted by atomic mass is 10.1. The largest absolute Gasteiger partial charge is 0.489 e. The highest BCUT2D eigenvalue weighted by Gasteiger charge is 2.40. The summed E-state index contributed by atoms with van der Waals surface area (Å²) in [5, 5.41) is 9.37. The van der Waals surface area contributed by atoms with Crippen LogP contribution in [0.25, 0.3) is 0 Å². The molecule has 0 bridgehead atoms. The molecule has 0 aromatic heterocycles. The summed E-state index contributed by atoms with van der Waals surface area (Å²) in [6, 6.07) is 13.1. The zero-order chi connectivity index (χ0) is 15.5. The first-order valence-electron chi connectivity index (χ1n) is 6.40. The van der Waals surface area contributed by atoms with Crippen molar-refractivity contribution in [3.63, 3.8) is 0 Å². The third kappa shape index (κ3) is 3.98. The standard InChI is InChI=1S/C16H15F3O2/c1-11-6-8-12(9-7-11)10-21-14-5-3-2-4-13(14)15(20)16(17,18)19/h2-9,15,20H,10H2,1H3. The summed E-state index contributed by atoms with van der Waals surface area (Å²) in [7, 11) is 0. The smallest absolute Gasteiger partial charge is 0.418 e. The highest BCUT2D eigenvalue weighted by Crippen LogP contribution is 2.37. The number of alkyl halides is 3. The molecule has 2 nitrogen and oxygen atoms in total. The molecule has 1 N–H and O–H groups in total. The molecule has 0 aliphatic heterocycles. The van der Waals surface area contributed by atoms with Gasteiger partial charge in [-0.2, -0.15) is 13.2 Å². The zero-order valence-corrected chi connectivity index (χ0v) is 11.4. The summed E-state index contributed by atoms with van der Waals surface area (Å²) >= 11 is 0. The van der Waals surface area contributed by atoms with E-state index in [0.717, 1.165) is 11.1 Å². The van der Waals surface area contributed by atoms with E-state index in [1.807, 2.05) is 31.2 Å². The lowest BCUT2D eigenvalue weighted by Gasteiger charge is -2.18. The molecule has 21 heavy (non-hydrogen) atoms. The minimum Gasteiger partial charge on any atom is -0.489 e. The van der Waals surface area contributed by atoms with Crippen LogP contribution >= 0.6 is 0 Å². The van der Waals surface area contributed by atoms with Crippen molar-refractivity contribution in [2.24, 2.45) is 0 Å². The molecule has 0 radical (unpaired) electrons. The van der Waals surface area contributed by atoms with Crippen LogP contribution in [-0.4, -0.2) is 11.3 Å². The Morgan fingerprint density at radius 3 is 2.29 bits per heavy atom. The molecule has 0 aliphatic rings. The molecule has 5 heteroatoms. The maximum absolute atomic E-state index is 12.6. The first kappa shape index (κ1) is 15.4. The number of aliphatic hydroxyl groups is 1. The van der Waals surface area contributed by atoms with Gasteiger partial charge in [0, 0.05) is 5.56 Å². The average molecular weight is 296 g/mol. The Balaban J connectivity index is 2.15. The number of benzene rings is 2. The van der Waals surface area contributed by atoms with E-state index in [-0.39, 0.29) is 17.9 Å². The van der Waals surface area contributed by atoms with Crippen molar-refractivity contribution in [2.45, 2.75) is 25.8 Å². The number of aliphatic hydroxyl groups excluding tert-OH is 1. The van der Waals surface area contributed by atoms with Crippen LogP contribution < -0.4 is 4.74 Å². The van der Waals surface area contributed by atoms with Crippen molar-refractivity contribution in [3.8, 4) is 5.75 Å². The van der Waals surface area contributed by atoms with Gasteiger partial charge in [-0.1, -0.05) is 48.0 Å². The van der Waals surface area contributed by atoms with Gasteiger partial charge in [0.2, 0.25) is 0 Å². The minimum atomic E-state index is -4.72. The third-order valence-corrected chi connectivity index (χ3v) is 3.04. The van der Waals surface area contributed by atoms with Gasteiger partial charge in [0.15, 0.2) is 6.10 Å². The molecular weight excluding hydrogens is 281 g/mol. The van der Waals surface area contributed by atoms with Gasteiger partial charge in [-0.15, -0.1) is 0 Å². The van der Waals surface area contributed by atoms with Gasteiger partial charge in [-0.05, 0) is 18.6 Å². The molecule has 0 aliphatic carbocycles. The average Bonchev–Trinajstić information content (AvgIpc) is 2.45. The van der Waals surface area contributed by atoms with Crippen LogP contribution in [0.1, 0.15) is 22.8 Å². The molecule has 0 fully saturated rings. The van der Waals surface area contributed by atoms with E-state index in [1.165, 1.54) is 18.2 Å². The molecule has 2 aromatic carbocycles. The fourth-order valence-electron chi connectivity index (χ4n) is 1.86. The second-order valence-corrected chi connectivity index (χ2v) is 4.76. The van der Waals surface area contributed by atoms with Gasteiger partial charge in [0.25, 0.3) is 0 Å². The zero-order valence-electron chi connectivity index (χ0n) is 11.4. The molecule has 1 unspecified atom stereocenters. The van der Waals surface area contributed by atoms with Crippen LogP contribution in [0, 0.1) is 6.92 Å². The van der Waals surface area contributed by atoms with Crippen LogP contribution in [0.15, 0.2) is 48.5 Å². The number of aryl methyl sites for hydroxylation is 1. The van der Waals surface area contributed by atoms with E-state index in [9.17, 15) is 18.3 Å². The van der Waals surface area contributed by atoms with Gasteiger partial charge in [0.05, 0.1) is 0 Å². The lowest BCUT2D eigenvalue weighted by Crippen LogP contribution is -2.20. The van der Waals surface area contributed by atoms with Gasteiger partial charge in [0.1, 0.15) is 12.4 Å². The molecule has 0 amide bonds. The van der Waals surface area contributed by atoms with Crippen molar-refractivity contribution in [1.29, 1.82) is 0 Å². The van der Waals surface area contributed by atoms with Crippen LogP contribution in [0.3, 0.4) is 0 Å². The van der Waals surface area contributed by atoms with Gasteiger partial charge in [-0.25, -0.2) is 0 Å². The minimum absolute atomic E-state index is 0.0305. The second kappa shape index (κ2) is 6.18. The maximum atomic E-state index is 12.6. The molecule has 2 rings (SSSR count). The predicted molar refractivity (Wildman–Crippen MR) is 73.0 cm³/mol. The van der Waals surface area contributed by atoms with Crippen molar-refractivity contribution in [3.05, 3.63) is 65.2 Å². The second-order valence-electron chi connectivity index (χ2n) is 4.76. The van der Waals surface area contributed by atoms with E-state index in [4.69, 9.17) is 4.74 Å². The number of para-hydroxylation sites is 1. The molecule has 0 saturated carbocycles. The summed E-state index contributed by atoms with van der Waals surface area (Å²) in [6.07, 6.45) is -7.27. The Kier molecular flexibility index (Phi) is 4.53. The van der Waals surface area contributed by atoms with E-state index >= 15 is 0 Å². The molecule has 2 aromatic rings. The third-order valence-electron chi connectivity index (χ3n) is 3.04. The van der Waals surface area contributed by atoms with Crippen molar-refractivity contribution in [1.82, 2.24) is 0 Å². The Morgan fingerprint density at radius 2 is 1.67 bits per heavy atom. The van der Waals surface area contributed by atoms with Gasteiger partial charge >= 0.3 is 6.18 Å². The van der Waals surface area contributed by atoms with E-state index in [1.54, 1.807) is 6.07 Å². The molecule has 0 spiro atoms. The molecular formula is C16H15F3O2. The van der Waals surface area contributed by atoms with Gasteiger partial charge in [-0.3, -0.25) is 0 Å². The summed E-state index contributed by atoms with van der Waals surface area (Å²) < 4.78 is 43.3. The van der Waals surface area contributed by atoms with E-state index < -0.39 is 12.3 Å². The Hall–Kier alpha value is -2.01. The molecule has 112 valence electrons. The van der Waals surface area contributed by atoms with Crippen LogP contribution in [-0.2, 0) is 6.61 Å². The number of halogens is 3. The Morgan fingerprint density at radius 1 is 1.05 bits per heavy atom. The van der Waals surface area contributed by atoms with Crippen LogP contribution in [0.4, 0.5) is 13.2 Å². The fraction of sp³-hybridized carbons (Fsp3) is 0.250. The Labute approximate surface area is 120 Å². The maximum Gasteiger partial charge on any atom is 0.418 e. The monoisotopic (exact) mass is 296 g/mol. The van der Waals surface area contributed by atoms with E-state index in [0.29, 0.717) is 0 Å². The van der Waals surface area contributed by atoms with Crippen LogP contribution in [0.5, 0.6) is 5.75 Å². The van der Waals surface area contributed by atoms with Gasteiger partial charge < -0.3 is 9.84 Å². The van der Waals surface area contributed by atoms with E-state index in [2.05, 4.69) is 0 Å². The first-order valence-corrected chi connectivity index (χ1v) is 6.40. The van der Waals surface area contributed by atoms with Crippen molar-refractivity contribution < 1.29 is 23.0 Å². The van der Waals surface area contributed by atoms with Crippen molar-refractivity contribution >= 4 is 0 Å². The Bertz CT molecular complexity index is 591. The first-order chi connectivity index (χ1) is 9.88. The quantitative estimate of drug-likeness (QED) is 0.917. The number of hydrogen-bond acceptors (Lipinski definition) is 2. The normalized spacial score (nSPS) is 13.0. The van der Waals surface area contributed by atoms with Crippen LogP contribution in [0.2, 0.25) is 0 Å². The predicted octanol–water partition coefficient (Wildman–Crippen LogP) is 4.17. The fourth-order valence-corrected chi connectivity index (χ4v) is 1.86. The number of ether oxygens (including phenoxy) is 1. The summed E-state index contributed by atoms with van der Waals surface area (Å²) in [5.41, 5.74) is 1.65. The summed E-state index contributed by atoms with van der Waals surface area (Å²) in [4.78, 5) is 0. The molecule has 0 heterocycles. The highest BCUT2D eigenvalue weighted by molar-refractivity contribution is 5.36. The molecule has 0 saturated heterocycles. The summed E-state index contributed by atoms with van der Waals surface area (Å²) in [5.74, 6) is 0.0305. The lowest BCUT2D eigenvalue weighted by molar-refractivity contribution is -0.207. The highest BCUT2D eigenvalue weighted by atomic mass is 19.4. The SMILES string of the molecule is Cc1ccc(COc2ccccc2C(O)C(F)(F)F)cc1. The molecule has 1 atom stereocenters. The summed E-state index contributed by atoms with van der Waals surface area (Å²) in [6.45, 7) is 2.08.